The van der Waals surface area contributed by atoms with Crippen LogP contribution in [0.2, 0.25) is 0 Å². The van der Waals surface area contributed by atoms with Gasteiger partial charge in [-0.3, -0.25) is 4.90 Å². The molecule has 48 heavy (non-hydrogen) atoms. The van der Waals surface area contributed by atoms with Crippen LogP contribution >= 0.6 is 0 Å². The van der Waals surface area contributed by atoms with Gasteiger partial charge in [0, 0.05) is 7.11 Å². The third kappa shape index (κ3) is 10.8. The molecule has 1 fully saturated rings. The second-order valence-electron chi connectivity index (χ2n) is 12.3. The molecule has 0 unspecified atom stereocenters. The Balaban J connectivity index is 1.51. The van der Waals surface area contributed by atoms with Gasteiger partial charge in [0.25, 0.3) is 0 Å². The van der Waals surface area contributed by atoms with Crippen molar-refractivity contribution in [3.05, 3.63) is 144 Å². The van der Waals surface area contributed by atoms with E-state index in [-0.39, 0.29) is 31.1 Å². The lowest BCUT2D eigenvalue weighted by Gasteiger charge is -2.53. The van der Waals surface area contributed by atoms with Gasteiger partial charge in [0.15, 0.2) is 0 Å². The fourth-order valence-electron chi connectivity index (χ4n) is 6.33. The van der Waals surface area contributed by atoms with Crippen molar-refractivity contribution in [2.75, 3.05) is 33.7 Å². The number of unbranched alkanes of at least 4 members (excludes halogenated alkanes) is 1. The smallest absolute Gasteiger partial charge is 0.146 e. The Hall–Kier alpha value is -3.40. The van der Waals surface area contributed by atoms with Gasteiger partial charge in [-0.2, -0.15) is 0 Å². The van der Waals surface area contributed by atoms with E-state index in [0.717, 1.165) is 41.6 Å². The summed E-state index contributed by atoms with van der Waals surface area (Å²) in [6.07, 6.45) is 0.966. The minimum absolute atomic E-state index is 0.113. The van der Waals surface area contributed by atoms with E-state index in [0.29, 0.717) is 39.6 Å². The summed E-state index contributed by atoms with van der Waals surface area (Å²) in [5, 5.41) is 0. The van der Waals surface area contributed by atoms with Crippen LogP contribution in [0.25, 0.3) is 0 Å². The quantitative estimate of drug-likeness (QED) is 0.0726. The number of benzene rings is 4. The summed E-state index contributed by atoms with van der Waals surface area (Å²) in [4.78, 5) is 2.50. The van der Waals surface area contributed by atoms with Gasteiger partial charge in [0.05, 0.1) is 51.7 Å². The van der Waals surface area contributed by atoms with Crippen molar-refractivity contribution in [3.8, 4) is 0 Å². The van der Waals surface area contributed by atoms with Gasteiger partial charge in [0.1, 0.15) is 25.1 Å². The molecule has 0 spiro atoms. The SMILES string of the molecule is CCCCN1[C@H](COCc2ccccc2)[C@@H](OCc2ccccc2)[C@H](OCc2ccccc2)[C@@H](OCc2ccccc2)[C@@H]1COCOC. The molecule has 1 heterocycles. The van der Waals surface area contributed by atoms with Gasteiger partial charge in [-0.15, -0.1) is 0 Å². The molecule has 0 aliphatic carbocycles. The van der Waals surface area contributed by atoms with Crippen LogP contribution in [-0.2, 0) is 54.8 Å². The van der Waals surface area contributed by atoms with Crippen LogP contribution in [0.5, 0.6) is 0 Å². The van der Waals surface area contributed by atoms with Crippen LogP contribution in [0.15, 0.2) is 121 Å². The molecule has 5 atom stereocenters. The molecule has 1 saturated heterocycles. The zero-order chi connectivity index (χ0) is 33.2. The molecule has 4 aromatic carbocycles. The molecule has 0 saturated carbocycles. The molecule has 0 amide bonds. The number of piperidine rings is 1. The van der Waals surface area contributed by atoms with Crippen molar-refractivity contribution >= 4 is 0 Å². The van der Waals surface area contributed by atoms with Gasteiger partial charge in [-0.1, -0.05) is 135 Å². The summed E-state index contributed by atoms with van der Waals surface area (Å²) in [5.41, 5.74) is 4.44. The molecule has 7 heteroatoms. The number of rotatable bonds is 20. The lowest BCUT2D eigenvalue weighted by molar-refractivity contribution is -0.238. The van der Waals surface area contributed by atoms with E-state index in [9.17, 15) is 0 Å². The summed E-state index contributed by atoms with van der Waals surface area (Å²) in [7, 11) is 1.65. The van der Waals surface area contributed by atoms with Gasteiger partial charge in [-0.05, 0) is 35.2 Å². The molecule has 0 aromatic heterocycles. The first-order chi connectivity index (χ1) is 23.8. The van der Waals surface area contributed by atoms with E-state index in [2.05, 4.69) is 60.4 Å². The average molecular weight is 654 g/mol. The molecular formula is C41H51NO6. The predicted octanol–water partition coefficient (Wildman–Crippen LogP) is 7.43. The van der Waals surface area contributed by atoms with E-state index in [4.69, 9.17) is 28.4 Å². The maximum atomic E-state index is 6.96. The van der Waals surface area contributed by atoms with E-state index in [1.54, 1.807) is 7.11 Å². The van der Waals surface area contributed by atoms with Crippen LogP contribution in [-0.4, -0.2) is 69.0 Å². The molecule has 5 rings (SSSR count). The second kappa shape index (κ2) is 20.2. The molecule has 7 nitrogen and oxygen atoms in total. The van der Waals surface area contributed by atoms with Gasteiger partial charge < -0.3 is 28.4 Å². The highest BCUT2D eigenvalue weighted by Gasteiger charge is 2.51. The normalized spacial score (nSPS) is 21.3. The van der Waals surface area contributed by atoms with Crippen LogP contribution in [0, 0.1) is 0 Å². The van der Waals surface area contributed by atoms with Crippen molar-refractivity contribution in [2.45, 2.75) is 76.6 Å². The topological polar surface area (TPSA) is 58.6 Å². The Bertz CT molecular complexity index is 1390. The number of likely N-dealkylation sites (tertiary alicyclic amines) is 1. The Morgan fingerprint density at radius 2 is 0.896 bits per heavy atom. The molecule has 256 valence electrons. The third-order valence-electron chi connectivity index (χ3n) is 8.77. The highest BCUT2D eigenvalue weighted by molar-refractivity contribution is 5.17. The highest BCUT2D eigenvalue weighted by Crippen LogP contribution is 2.34. The summed E-state index contributed by atoms with van der Waals surface area (Å²) in [5.74, 6) is 0. The van der Waals surface area contributed by atoms with Gasteiger partial charge in [0.2, 0.25) is 0 Å². The Morgan fingerprint density at radius 1 is 0.500 bits per heavy atom. The highest BCUT2D eigenvalue weighted by atomic mass is 16.7. The lowest BCUT2D eigenvalue weighted by atomic mass is 9.87. The number of ether oxygens (including phenoxy) is 6. The van der Waals surface area contributed by atoms with E-state index in [1.165, 1.54) is 0 Å². The number of hydrogen-bond donors (Lipinski definition) is 0. The third-order valence-corrected chi connectivity index (χ3v) is 8.77. The maximum Gasteiger partial charge on any atom is 0.146 e. The van der Waals surface area contributed by atoms with E-state index >= 15 is 0 Å². The first kappa shape index (κ1) is 35.9. The molecule has 0 radical (unpaired) electrons. The van der Waals surface area contributed by atoms with Crippen LogP contribution in [0.4, 0.5) is 0 Å². The van der Waals surface area contributed by atoms with Gasteiger partial charge in [-0.25, -0.2) is 0 Å². The molecule has 1 aliphatic heterocycles. The minimum atomic E-state index is -0.406. The van der Waals surface area contributed by atoms with Crippen LogP contribution in [0.1, 0.15) is 42.0 Å². The largest absolute Gasteiger partial charge is 0.375 e. The summed E-state index contributed by atoms with van der Waals surface area (Å²) in [6.45, 7) is 5.99. The zero-order valence-corrected chi connectivity index (χ0v) is 28.4. The Kier molecular flexibility index (Phi) is 15.1. The standard InChI is InChI=1S/C41H51NO6/c1-3-4-25-42-37(30-44-26-33-17-9-5-10-18-33)39(46-27-34-19-11-6-12-20-34)41(48-29-36-23-15-8-16-24-36)40(38(42)31-45-32-43-2)47-28-35-21-13-7-14-22-35/h5-24,37-41H,3-4,25-32H2,1-2H3/t37-,38+,39-,40+,41+/m1/s1. The van der Waals surface area contributed by atoms with Crippen molar-refractivity contribution in [1.82, 2.24) is 4.90 Å². The van der Waals surface area contributed by atoms with Gasteiger partial charge >= 0.3 is 0 Å². The molecule has 1 aliphatic rings. The summed E-state index contributed by atoms with van der Waals surface area (Å²) >= 11 is 0. The summed E-state index contributed by atoms with van der Waals surface area (Å²) in [6, 6.07) is 41.0. The first-order valence-corrected chi connectivity index (χ1v) is 17.2. The predicted molar refractivity (Wildman–Crippen MR) is 188 cm³/mol. The average Bonchev–Trinajstić information content (AvgIpc) is 3.14. The molecule has 4 aromatic rings. The number of methoxy groups -OCH3 is 1. The maximum absolute atomic E-state index is 6.96. The van der Waals surface area contributed by atoms with Crippen molar-refractivity contribution < 1.29 is 28.4 Å². The van der Waals surface area contributed by atoms with Crippen molar-refractivity contribution in [1.29, 1.82) is 0 Å². The molecule has 0 bridgehead atoms. The number of nitrogens with zero attached hydrogens (tertiary/aromatic N) is 1. The van der Waals surface area contributed by atoms with Crippen molar-refractivity contribution in [2.24, 2.45) is 0 Å². The first-order valence-electron chi connectivity index (χ1n) is 17.2. The lowest BCUT2D eigenvalue weighted by Crippen LogP contribution is -2.70. The van der Waals surface area contributed by atoms with Crippen LogP contribution < -0.4 is 0 Å². The Labute approximate surface area is 286 Å². The second-order valence-corrected chi connectivity index (χ2v) is 12.3. The minimum Gasteiger partial charge on any atom is -0.375 e. The number of hydrogen-bond acceptors (Lipinski definition) is 7. The molecular weight excluding hydrogens is 602 g/mol. The Morgan fingerprint density at radius 3 is 1.31 bits per heavy atom. The van der Waals surface area contributed by atoms with Crippen molar-refractivity contribution in [3.63, 3.8) is 0 Å². The van der Waals surface area contributed by atoms with E-state index in [1.807, 2.05) is 72.8 Å². The monoisotopic (exact) mass is 653 g/mol. The summed E-state index contributed by atoms with van der Waals surface area (Å²) < 4.78 is 38.8. The fraction of sp³-hybridized carbons (Fsp3) is 0.415. The fourth-order valence-corrected chi connectivity index (χ4v) is 6.33. The zero-order valence-electron chi connectivity index (χ0n) is 28.4. The van der Waals surface area contributed by atoms with E-state index < -0.39 is 6.10 Å². The van der Waals surface area contributed by atoms with Crippen LogP contribution in [0.3, 0.4) is 0 Å². The molecule has 0 N–H and O–H groups in total.